The van der Waals surface area contributed by atoms with Crippen LogP contribution in [0, 0.1) is 0 Å². The highest BCUT2D eigenvalue weighted by molar-refractivity contribution is 7.99. The molecule has 0 radical (unpaired) electrons. The number of benzene rings is 1. The van der Waals surface area contributed by atoms with Gasteiger partial charge < -0.3 is 10.6 Å². The molecule has 3 rings (SSSR count). The van der Waals surface area contributed by atoms with E-state index < -0.39 is 0 Å². The Morgan fingerprint density at radius 3 is 2.68 bits per heavy atom. The molecule has 3 aromatic rings. The van der Waals surface area contributed by atoms with Gasteiger partial charge in [0.2, 0.25) is 5.91 Å². The summed E-state index contributed by atoms with van der Waals surface area (Å²) in [4.78, 5) is 24.5. The summed E-state index contributed by atoms with van der Waals surface area (Å²) in [6.45, 7) is 0. The van der Waals surface area contributed by atoms with E-state index in [0.717, 1.165) is 10.8 Å². The smallest absolute Gasteiger partial charge is 0.266 e. The first-order chi connectivity index (χ1) is 13.6. The van der Waals surface area contributed by atoms with Crippen molar-refractivity contribution in [2.75, 3.05) is 16.4 Å². The minimum atomic E-state index is -0.199. The van der Waals surface area contributed by atoms with Crippen LogP contribution in [0.2, 0.25) is 5.02 Å². The van der Waals surface area contributed by atoms with E-state index in [2.05, 4.69) is 20.8 Å². The largest absolute Gasteiger partial charge is 0.326 e. The minimum absolute atomic E-state index is 0.0550. The molecular weight excluding hydrogens is 416 g/mol. The lowest BCUT2D eigenvalue weighted by Gasteiger charge is -2.06. The second kappa shape index (κ2) is 10.2. The van der Waals surface area contributed by atoms with E-state index >= 15 is 0 Å². The lowest BCUT2D eigenvalue weighted by molar-refractivity contribution is -0.116. The van der Waals surface area contributed by atoms with Gasteiger partial charge in [0.15, 0.2) is 5.82 Å². The van der Waals surface area contributed by atoms with Crippen LogP contribution >= 0.6 is 34.7 Å². The van der Waals surface area contributed by atoms with E-state index in [1.165, 1.54) is 23.1 Å². The third-order valence-electron chi connectivity index (χ3n) is 3.53. The van der Waals surface area contributed by atoms with Crippen molar-refractivity contribution in [2.24, 2.45) is 0 Å². The number of anilines is 2. The zero-order chi connectivity index (χ0) is 19.8. The molecule has 0 atom stereocenters. The lowest BCUT2D eigenvalue weighted by atomic mass is 10.3. The predicted octanol–water partition coefficient (Wildman–Crippen LogP) is 4.95. The highest BCUT2D eigenvalue weighted by Gasteiger charge is 2.08. The fraction of sp³-hybridized carbons (Fsp3) is 0.158. The third-order valence-corrected chi connectivity index (χ3v) is 5.64. The number of halogens is 1. The molecule has 0 spiro atoms. The van der Waals surface area contributed by atoms with Crippen molar-refractivity contribution in [3.05, 3.63) is 63.8 Å². The fourth-order valence-electron chi connectivity index (χ4n) is 2.25. The molecule has 2 heterocycles. The van der Waals surface area contributed by atoms with Crippen LogP contribution in [-0.4, -0.2) is 27.8 Å². The maximum atomic E-state index is 12.0. The number of amides is 2. The monoisotopic (exact) mass is 432 g/mol. The van der Waals surface area contributed by atoms with Crippen LogP contribution < -0.4 is 10.6 Å². The van der Waals surface area contributed by atoms with Crippen molar-refractivity contribution in [1.29, 1.82) is 0 Å². The Hall–Kier alpha value is -2.42. The van der Waals surface area contributed by atoms with Crippen LogP contribution in [0.3, 0.4) is 0 Å². The summed E-state index contributed by atoms with van der Waals surface area (Å²) in [5.74, 6) is 0.887. The standard InChI is InChI=1S/C19H17ClN4O2S2/c20-13-4-1-5-14(12-13)21-17(25)7-3-11-28-18-9-8-16(23-24-18)22-19(26)15-6-2-10-27-15/h1-2,4-6,8-10,12H,3,7,11H2,(H,21,25)(H,22,23,26). The number of carbonyl (C=O) groups excluding carboxylic acids is 2. The molecular formula is C19H17ClN4O2S2. The molecule has 0 aliphatic heterocycles. The molecule has 9 heteroatoms. The van der Waals surface area contributed by atoms with Crippen LogP contribution in [-0.2, 0) is 4.79 Å². The molecule has 0 saturated heterocycles. The zero-order valence-electron chi connectivity index (χ0n) is 14.7. The maximum absolute atomic E-state index is 12.0. The second-order valence-electron chi connectivity index (χ2n) is 5.70. The number of thiophene rings is 1. The van der Waals surface area contributed by atoms with Crippen LogP contribution in [0.25, 0.3) is 0 Å². The molecule has 0 fully saturated rings. The Kier molecular flexibility index (Phi) is 7.41. The van der Waals surface area contributed by atoms with Crippen molar-refractivity contribution >= 4 is 58.0 Å². The first-order valence-electron chi connectivity index (χ1n) is 8.47. The molecule has 6 nitrogen and oxygen atoms in total. The summed E-state index contributed by atoms with van der Waals surface area (Å²) in [6.07, 6.45) is 1.11. The predicted molar refractivity (Wildman–Crippen MR) is 114 cm³/mol. The van der Waals surface area contributed by atoms with Gasteiger partial charge in [-0.1, -0.05) is 23.7 Å². The topological polar surface area (TPSA) is 84.0 Å². The van der Waals surface area contributed by atoms with Crippen LogP contribution in [0.5, 0.6) is 0 Å². The summed E-state index contributed by atoms with van der Waals surface area (Å²) in [5, 5.41) is 16.8. The van der Waals surface area contributed by atoms with Gasteiger partial charge in [0, 0.05) is 22.9 Å². The second-order valence-corrected chi connectivity index (χ2v) is 8.20. The van der Waals surface area contributed by atoms with Gasteiger partial charge in [-0.2, -0.15) is 0 Å². The van der Waals surface area contributed by atoms with E-state index in [4.69, 9.17) is 11.6 Å². The Morgan fingerprint density at radius 2 is 1.96 bits per heavy atom. The number of aromatic nitrogens is 2. The van der Waals surface area contributed by atoms with Crippen molar-refractivity contribution < 1.29 is 9.59 Å². The quantitative estimate of drug-likeness (QED) is 0.388. The van der Waals surface area contributed by atoms with E-state index in [9.17, 15) is 9.59 Å². The number of rotatable bonds is 8. The number of hydrogen-bond acceptors (Lipinski definition) is 6. The Bertz CT molecular complexity index is 933. The molecule has 0 unspecified atom stereocenters. The van der Waals surface area contributed by atoms with Crippen LogP contribution in [0.4, 0.5) is 11.5 Å². The number of nitrogens with one attached hydrogen (secondary N) is 2. The summed E-state index contributed by atoms with van der Waals surface area (Å²) < 4.78 is 0. The fourth-order valence-corrected chi connectivity index (χ4v) is 3.82. The SMILES string of the molecule is O=C(CCCSc1ccc(NC(=O)c2cccs2)nn1)Nc1cccc(Cl)c1. The maximum Gasteiger partial charge on any atom is 0.266 e. The van der Waals surface area contributed by atoms with E-state index in [-0.39, 0.29) is 11.8 Å². The molecule has 0 aliphatic rings. The molecule has 0 saturated carbocycles. The first kappa shape index (κ1) is 20.3. The normalized spacial score (nSPS) is 10.5. The van der Waals surface area contributed by atoms with Gasteiger partial charge in [-0.05, 0) is 48.2 Å². The Labute approximate surface area is 175 Å². The van der Waals surface area contributed by atoms with E-state index in [0.29, 0.717) is 34.2 Å². The number of nitrogens with zero attached hydrogens (tertiary/aromatic N) is 2. The van der Waals surface area contributed by atoms with Gasteiger partial charge in [-0.15, -0.1) is 33.3 Å². The van der Waals surface area contributed by atoms with Crippen LogP contribution in [0.1, 0.15) is 22.5 Å². The van der Waals surface area contributed by atoms with Gasteiger partial charge in [-0.3, -0.25) is 9.59 Å². The van der Waals surface area contributed by atoms with Crippen molar-refractivity contribution in [1.82, 2.24) is 10.2 Å². The molecule has 2 aromatic heterocycles. The van der Waals surface area contributed by atoms with Gasteiger partial charge in [0.05, 0.1) is 4.88 Å². The molecule has 28 heavy (non-hydrogen) atoms. The molecule has 0 bridgehead atoms. The van der Waals surface area contributed by atoms with Gasteiger partial charge in [-0.25, -0.2) is 0 Å². The molecule has 144 valence electrons. The van der Waals surface area contributed by atoms with Gasteiger partial charge in [0.25, 0.3) is 5.91 Å². The minimum Gasteiger partial charge on any atom is -0.326 e. The van der Waals surface area contributed by atoms with E-state index in [1.54, 1.807) is 42.5 Å². The Morgan fingerprint density at radius 1 is 1.07 bits per heavy atom. The average molecular weight is 433 g/mol. The summed E-state index contributed by atoms with van der Waals surface area (Å²) in [5.41, 5.74) is 0.691. The molecule has 2 amide bonds. The van der Waals surface area contributed by atoms with Crippen LogP contribution in [0.15, 0.2) is 58.9 Å². The van der Waals surface area contributed by atoms with E-state index in [1.807, 2.05) is 11.4 Å². The average Bonchev–Trinajstić information content (AvgIpc) is 3.21. The summed E-state index contributed by atoms with van der Waals surface area (Å²) in [6, 6.07) is 14.1. The Balaban J connectivity index is 1.38. The van der Waals surface area contributed by atoms with Gasteiger partial charge in [0.1, 0.15) is 5.03 Å². The highest BCUT2D eigenvalue weighted by atomic mass is 35.5. The molecule has 2 N–H and O–H groups in total. The number of carbonyl (C=O) groups is 2. The number of thioether (sulfide) groups is 1. The van der Waals surface area contributed by atoms with Gasteiger partial charge >= 0.3 is 0 Å². The third kappa shape index (κ3) is 6.33. The van der Waals surface area contributed by atoms with Crippen molar-refractivity contribution in [3.8, 4) is 0 Å². The molecule has 0 aliphatic carbocycles. The van der Waals surface area contributed by atoms with Crippen molar-refractivity contribution in [2.45, 2.75) is 17.9 Å². The first-order valence-corrected chi connectivity index (χ1v) is 10.7. The lowest BCUT2D eigenvalue weighted by Crippen LogP contribution is -2.12. The molecule has 1 aromatic carbocycles. The summed E-state index contributed by atoms with van der Waals surface area (Å²) >= 11 is 8.78. The number of hydrogen-bond donors (Lipinski definition) is 2. The zero-order valence-corrected chi connectivity index (χ0v) is 17.1. The summed E-state index contributed by atoms with van der Waals surface area (Å²) in [7, 11) is 0. The highest BCUT2D eigenvalue weighted by Crippen LogP contribution is 2.19. The van der Waals surface area contributed by atoms with Crippen molar-refractivity contribution in [3.63, 3.8) is 0 Å².